The number of allylic oxidation sites excluding steroid dienone is 2. The van der Waals surface area contributed by atoms with Gasteiger partial charge in [-0.2, -0.15) is 0 Å². The predicted molar refractivity (Wildman–Crippen MR) is 42.1 cm³/mol. The van der Waals surface area contributed by atoms with Crippen LogP contribution in [0, 0.1) is 0 Å². The molecule has 0 atom stereocenters. The van der Waals surface area contributed by atoms with Crippen molar-refractivity contribution >= 4 is 17.9 Å². The SMILES string of the molecule is O=CC1=c2cc[nH]c2=[C+]C=C1. The van der Waals surface area contributed by atoms with Crippen molar-refractivity contribution in [3.8, 4) is 0 Å². The molecule has 1 aromatic rings. The summed E-state index contributed by atoms with van der Waals surface area (Å²) in [6.45, 7) is 0. The summed E-state index contributed by atoms with van der Waals surface area (Å²) in [6.07, 6.45) is 9.13. The third-order valence-electron chi connectivity index (χ3n) is 1.68. The first-order valence-corrected chi connectivity index (χ1v) is 3.35. The molecule has 2 heteroatoms. The minimum absolute atomic E-state index is 0.708. The van der Waals surface area contributed by atoms with Gasteiger partial charge >= 0.3 is 0 Å². The normalized spacial score (nSPS) is 13.3. The first-order chi connectivity index (χ1) is 5.42. The molecule has 0 aliphatic heterocycles. The van der Waals surface area contributed by atoms with E-state index < -0.39 is 0 Å². The van der Waals surface area contributed by atoms with Gasteiger partial charge in [0.2, 0.25) is 5.35 Å². The van der Waals surface area contributed by atoms with Gasteiger partial charge in [0.15, 0.2) is 6.29 Å². The minimum atomic E-state index is 0.708. The molecule has 1 aromatic heterocycles. The molecule has 2 nitrogen and oxygen atoms in total. The summed E-state index contributed by atoms with van der Waals surface area (Å²) in [5, 5.41) is 1.82. The van der Waals surface area contributed by atoms with Gasteiger partial charge in [-0.15, -0.1) is 0 Å². The number of aldehydes is 1. The lowest BCUT2D eigenvalue weighted by atomic mass is 10.1. The van der Waals surface area contributed by atoms with Crippen LogP contribution < -0.4 is 10.6 Å². The lowest BCUT2D eigenvalue weighted by molar-refractivity contribution is -0.103. The van der Waals surface area contributed by atoms with Crippen LogP contribution in [0.25, 0.3) is 11.6 Å². The van der Waals surface area contributed by atoms with Gasteiger partial charge in [0.25, 0.3) is 0 Å². The Kier molecular flexibility index (Phi) is 1.21. The Bertz CT molecular complexity index is 423. The fourth-order valence-corrected chi connectivity index (χ4v) is 1.14. The van der Waals surface area contributed by atoms with E-state index >= 15 is 0 Å². The Labute approximate surface area is 63.6 Å². The average Bonchev–Trinajstić information content (AvgIpc) is 2.50. The average molecular weight is 144 g/mol. The number of aromatic amines is 1. The Morgan fingerprint density at radius 2 is 2.45 bits per heavy atom. The summed E-state index contributed by atoms with van der Waals surface area (Å²) in [5.41, 5.74) is 0.708. The van der Waals surface area contributed by atoms with Crippen molar-refractivity contribution in [3.63, 3.8) is 0 Å². The first kappa shape index (κ1) is 6.08. The minimum Gasteiger partial charge on any atom is -0.331 e. The van der Waals surface area contributed by atoms with E-state index in [4.69, 9.17) is 0 Å². The van der Waals surface area contributed by atoms with Crippen molar-refractivity contribution in [1.29, 1.82) is 0 Å². The summed E-state index contributed by atoms with van der Waals surface area (Å²) < 4.78 is 0. The molecule has 0 fully saturated rings. The topological polar surface area (TPSA) is 32.9 Å². The predicted octanol–water partition coefficient (Wildman–Crippen LogP) is -0.408. The second-order valence-electron chi connectivity index (χ2n) is 2.32. The number of hydrogen-bond donors (Lipinski definition) is 1. The third-order valence-corrected chi connectivity index (χ3v) is 1.68. The zero-order chi connectivity index (χ0) is 7.68. The van der Waals surface area contributed by atoms with Crippen molar-refractivity contribution < 1.29 is 4.79 Å². The lowest BCUT2D eigenvalue weighted by Gasteiger charge is -1.80. The molecule has 52 valence electrons. The van der Waals surface area contributed by atoms with Crippen molar-refractivity contribution in [1.82, 2.24) is 4.98 Å². The van der Waals surface area contributed by atoms with E-state index in [-0.39, 0.29) is 0 Å². The molecule has 0 saturated heterocycles. The molecular formula is C9H6NO+. The number of carbonyl (C=O) groups excluding carboxylic acids is 1. The van der Waals surface area contributed by atoms with Crippen molar-refractivity contribution in [2.45, 2.75) is 0 Å². The highest BCUT2D eigenvalue weighted by Gasteiger charge is 2.07. The second-order valence-corrected chi connectivity index (χ2v) is 2.32. The van der Waals surface area contributed by atoms with Crippen LogP contribution in [-0.2, 0) is 4.79 Å². The fourth-order valence-electron chi connectivity index (χ4n) is 1.14. The molecule has 0 aromatic carbocycles. The lowest BCUT2D eigenvalue weighted by Crippen LogP contribution is -2.26. The summed E-state index contributed by atoms with van der Waals surface area (Å²) in [6, 6.07) is 1.87. The van der Waals surface area contributed by atoms with E-state index in [0.29, 0.717) is 5.57 Å². The summed E-state index contributed by atoms with van der Waals surface area (Å²) in [4.78, 5) is 13.5. The van der Waals surface area contributed by atoms with E-state index in [1.807, 2.05) is 6.07 Å². The van der Waals surface area contributed by atoms with E-state index in [0.717, 1.165) is 16.9 Å². The number of hydrogen-bond acceptors (Lipinski definition) is 1. The Hall–Kier alpha value is -1.66. The molecule has 1 aliphatic carbocycles. The molecule has 11 heavy (non-hydrogen) atoms. The molecule has 0 saturated carbocycles. The van der Waals surface area contributed by atoms with Gasteiger partial charge in [-0.25, -0.2) is 0 Å². The quantitative estimate of drug-likeness (QED) is 0.422. The summed E-state index contributed by atoms with van der Waals surface area (Å²) in [5.74, 6) is 0. The highest BCUT2D eigenvalue weighted by Crippen LogP contribution is 1.92. The summed E-state index contributed by atoms with van der Waals surface area (Å²) in [7, 11) is 0. The number of nitrogens with one attached hydrogen (secondary N) is 1. The Morgan fingerprint density at radius 1 is 1.55 bits per heavy atom. The number of fused-ring (bicyclic) bond motifs is 1. The zero-order valence-electron chi connectivity index (χ0n) is 5.79. The van der Waals surface area contributed by atoms with Crippen LogP contribution in [-0.4, -0.2) is 11.3 Å². The van der Waals surface area contributed by atoms with Gasteiger partial charge in [0.05, 0.1) is 12.2 Å². The van der Waals surface area contributed by atoms with Gasteiger partial charge in [-0.1, -0.05) is 0 Å². The Balaban J connectivity index is 2.95. The van der Waals surface area contributed by atoms with Crippen LogP contribution >= 0.6 is 0 Å². The van der Waals surface area contributed by atoms with Gasteiger partial charge < -0.3 is 4.98 Å². The molecule has 1 aliphatic rings. The first-order valence-electron chi connectivity index (χ1n) is 3.35. The standard InChI is InChI=1S/C9H5NO/c11-6-7-2-1-3-9-8(7)4-5-10-9/h1-2,4-6H/p+1. The molecule has 0 unspecified atom stereocenters. The molecule has 0 amide bonds. The zero-order valence-corrected chi connectivity index (χ0v) is 5.79. The van der Waals surface area contributed by atoms with Crippen molar-refractivity contribution in [2.24, 2.45) is 0 Å². The molecular weight excluding hydrogens is 138 g/mol. The van der Waals surface area contributed by atoms with Crippen LogP contribution in [0.3, 0.4) is 0 Å². The van der Waals surface area contributed by atoms with Gasteiger partial charge in [0, 0.05) is 12.3 Å². The van der Waals surface area contributed by atoms with Gasteiger partial charge in [-0.05, 0) is 0 Å². The van der Waals surface area contributed by atoms with Gasteiger partial charge in [0.1, 0.15) is 16.9 Å². The molecule has 0 bridgehead atoms. The maximum Gasteiger partial charge on any atom is 0.215 e. The van der Waals surface area contributed by atoms with Crippen molar-refractivity contribution in [3.05, 3.63) is 35.0 Å². The van der Waals surface area contributed by atoms with Crippen LogP contribution in [0.15, 0.2) is 24.4 Å². The molecule has 1 N–H and O–H groups in total. The Morgan fingerprint density at radius 3 is 3.27 bits per heavy atom. The highest BCUT2D eigenvalue weighted by atomic mass is 16.1. The fraction of sp³-hybridized carbons (Fsp3) is 0. The maximum atomic E-state index is 10.5. The van der Waals surface area contributed by atoms with Crippen LogP contribution in [0.1, 0.15) is 0 Å². The number of aromatic nitrogens is 1. The van der Waals surface area contributed by atoms with Crippen molar-refractivity contribution in [2.75, 3.05) is 0 Å². The van der Waals surface area contributed by atoms with Gasteiger partial charge in [-0.3, -0.25) is 4.79 Å². The number of H-pyrrole nitrogens is 1. The number of rotatable bonds is 1. The highest BCUT2D eigenvalue weighted by molar-refractivity contribution is 6.04. The van der Waals surface area contributed by atoms with Crippen LogP contribution in [0.2, 0.25) is 0 Å². The smallest absolute Gasteiger partial charge is 0.215 e. The van der Waals surface area contributed by atoms with Crippen LogP contribution in [0.5, 0.6) is 0 Å². The maximum absolute atomic E-state index is 10.5. The molecule has 0 spiro atoms. The number of carbonyl (C=O) groups is 1. The monoisotopic (exact) mass is 144 g/mol. The molecule has 1 heterocycles. The van der Waals surface area contributed by atoms with E-state index in [1.54, 1.807) is 18.3 Å². The summed E-state index contributed by atoms with van der Waals surface area (Å²) >= 11 is 0. The van der Waals surface area contributed by atoms with Crippen LogP contribution in [0.4, 0.5) is 0 Å². The largest absolute Gasteiger partial charge is 0.331 e. The third kappa shape index (κ3) is 0.810. The van der Waals surface area contributed by atoms with E-state index in [1.165, 1.54) is 0 Å². The van der Waals surface area contributed by atoms with E-state index in [2.05, 4.69) is 11.1 Å². The molecule has 0 radical (unpaired) electrons. The van der Waals surface area contributed by atoms with E-state index in [9.17, 15) is 4.79 Å². The second kappa shape index (κ2) is 2.19. The molecule has 2 rings (SSSR count).